The number of carboxylic acids is 1. The number of carbonyl (C=O) groups is 1. The van der Waals surface area contributed by atoms with E-state index in [9.17, 15) is 9.90 Å². The Morgan fingerprint density at radius 1 is 0.935 bits per heavy atom. The molecule has 3 aromatic carbocycles. The number of hydrogen-bond donors (Lipinski definition) is 1. The maximum absolute atomic E-state index is 11.5. The highest BCUT2D eigenvalue weighted by Gasteiger charge is 2.13. The number of carboxylic acid groups (broad SMARTS) is 1. The molecule has 0 saturated heterocycles. The molecule has 0 fully saturated rings. The van der Waals surface area contributed by atoms with Gasteiger partial charge in [-0.3, -0.25) is 0 Å². The molecule has 0 atom stereocenters. The first kappa shape index (κ1) is 20.2. The lowest BCUT2D eigenvalue weighted by Crippen LogP contribution is -2.07. The fourth-order valence-electron chi connectivity index (χ4n) is 3.21. The molecule has 0 bridgehead atoms. The van der Waals surface area contributed by atoms with Crippen molar-refractivity contribution < 1.29 is 23.8 Å². The van der Waals surface area contributed by atoms with E-state index < -0.39 is 5.97 Å². The van der Waals surface area contributed by atoms with Crippen LogP contribution in [0.25, 0.3) is 11.5 Å². The van der Waals surface area contributed by atoms with E-state index >= 15 is 0 Å². The van der Waals surface area contributed by atoms with E-state index in [1.165, 1.54) is 0 Å². The molecule has 1 N–H and O–H groups in total. The second kappa shape index (κ2) is 9.17. The van der Waals surface area contributed by atoms with Crippen LogP contribution < -0.4 is 9.47 Å². The summed E-state index contributed by atoms with van der Waals surface area (Å²) < 4.78 is 17.2. The molecule has 4 aromatic rings. The minimum Gasteiger partial charge on any atom is -0.489 e. The summed E-state index contributed by atoms with van der Waals surface area (Å²) in [5.74, 6) is 0.782. The van der Waals surface area contributed by atoms with Crippen molar-refractivity contribution in [3.63, 3.8) is 0 Å². The van der Waals surface area contributed by atoms with Crippen LogP contribution in [0.3, 0.4) is 0 Å². The van der Waals surface area contributed by atoms with Crippen molar-refractivity contribution in [1.29, 1.82) is 0 Å². The van der Waals surface area contributed by atoms with Crippen molar-refractivity contribution in [3.8, 4) is 23.0 Å². The number of nitrogens with zero attached hydrogens (tertiary/aromatic N) is 1. The molecule has 0 unspecified atom stereocenters. The molecule has 0 spiro atoms. The molecule has 0 saturated carbocycles. The Labute approximate surface area is 179 Å². The molecule has 31 heavy (non-hydrogen) atoms. The summed E-state index contributed by atoms with van der Waals surface area (Å²) in [5, 5.41) is 9.45. The van der Waals surface area contributed by atoms with Crippen molar-refractivity contribution in [2.75, 3.05) is 0 Å². The fourth-order valence-corrected chi connectivity index (χ4v) is 3.21. The standard InChI is InChI=1S/C25H21NO5/c1-17-7-5-10-19(23(17)25(27)28)14-29-21-11-6-12-22(13-21)30-15-20-16-31-24(26-20)18-8-3-2-4-9-18/h2-13,16H,14-15H2,1H3,(H,27,28). The Morgan fingerprint density at radius 2 is 1.65 bits per heavy atom. The Hall–Kier alpha value is -4.06. The van der Waals surface area contributed by atoms with E-state index in [0.29, 0.717) is 34.2 Å². The number of aryl methyl sites for hydroxylation is 1. The number of oxazole rings is 1. The van der Waals surface area contributed by atoms with Crippen molar-refractivity contribution in [2.45, 2.75) is 20.1 Å². The Morgan fingerprint density at radius 3 is 2.39 bits per heavy atom. The maximum atomic E-state index is 11.5. The highest BCUT2D eigenvalue weighted by atomic mass is 16.5. The van der Waals surface area contributed by atoms with Crippen LogP contribution in [0.1, 0.15) is 27.2 Å². The Balaban J connectivity index is 1.39. The number of ether oxygens (including phenoxy) is 2. The molecule has 0 aliphatic carbocycles. The van der Waals surface area contributed by atoms with E-state index in [-0.39, 0.29) is 18.8 Å². The molecule has 0 aliphatic heterocycles. The summed E-state index contributed by atoms with van der Waals surface area (Å²) in [7, 11) is 0. The van der Waals surface area contributed by atoms with E-state index in [1.807, 2.05) is 48.5 Å². The van der Waals surface area contributed by atoms with Crippen LogP contribution in [0.4, 0.5) is 0 Å². The van der Waals surface area contributed by atoms with Gasteiger partial charge in [0.2, 0.25) is 5.89 Å². The molecular weight excluding hydrogens is 394 g/mol. The normalized spacial score (nSPS) is 10.6. The Bertz CT molecular complexity index is 1180. The Kier molecular flexibility index (Phi) is 5.98. The molecule has 6 nitrogen and oxygen atoms in total. The maximum Gasteiger partial charge on any atom is 0.336 e. The second-order valence-electron chi connectivity index (χ2n) is 6.98. The van der Waals surface area contributed by atoms with E-state index in [1.54, 1.807) is 37.5 Å². The summed E-state index contributed by atoms with van der Waals surface area (Å²) in [6.45, 7) is 2.17. The summed E-state index contributed by atoms with van der Waals surface area (Å²) in [6.07, 6.45) is 1.58. The predicted octanol–water partition coefficient (Wildman–Crippen LogP) is 5.51. The quantitative estimate of drug-likeness (QED) is 0.409. The lowest BCUT2D eigenvalue weighted by Gasteiger charge is -2.12. The van der Waals surface area contributed by atoms with Crippen LogP contribution in [0, 0.1) is 6.92 Å². The minimum absolute atomic E-state index is 0.149. The van der Waals surface area contributed by atoms with Gasteiger partial charge >= 0.3 is 5.97 Å². The van der Waals surface area contributed by atoms with Gasteiger partial charge in [-0.2, -0.15) is 0 Å². The lowest BCUT2D eigenvalue weighted by atomic mass is 10.0. The summed E-state index contributed by atoms with van der Waals surface area (Å²) in [4.78, 5) is 16.0. The number of benzene rings is 3. The van der Waals surface area contributed by atoms with Crippen LogP contribution in [-0.4, -0.2) is 16.1 Å². The molecule has 0 amide bonds. The van der Waals surface area contributed by atoms with Crippen LogP contribution in [0.15, 0.2) is 83.5 Å². The number of aromatic nitrogens is 1. The molecule has 6 heteroatoms. The van der Waals surface area contributed by atoms with E-state index in [2.05, 4.69) is 4.98 Å². The van der Waals surface area contributed by atoms with Gasteiger partial charge in [-0.25, -0.2) is 9.78 Å². The largest absolute Gasteiger partial charge is 0.489 e. The average Bonchev–Trinajstić information content (AvgIpc) is 3.26. The summed E-state index contributed by atoms with van der Waals surface area (Å²) in [6, 6.07) is 22.2. The van der Waals surface area contributed by atoms with Crippen molar-refractivity contribution in [2.24, 2.45) is 0 Å². The van der Waals surface area contributed by atoms with Gasteiger partial charge < -0.3 is 19.0 Å². The third kappa shape index (κ3) is 4.93. The van der Waals surface area contributed by atoms with Gasteiger partial charge in [0.25, 0.3) is 0 Å². The number of rotatable bonds is 8. The van der Waals surface area contributed by atoms with Crippen molar-refractivity contribution in [1.82, 2.24) is 4.98 Å². The first-order valence-corrected chi connectivity index (χ1v) is 9.77. The lowest BCUT2D eigenvalue weighted by molar-refractivity contribution is 0.0693. The first-order valence-electron chi connectivity index (χ1n) is 9.77. The van der Waals surface area contributed by atoms with Crippen LogP contribution >= 0.6 is 0 Å². The smallest absolute Gasteiger partial charge is 0.336 e. The zero-order valence-corrected chi connectivity index (χ0v) is 16.9. The third-order valence-corrected chi connectivity index (χ3v) is 4.73. The minimum atomic E-state index is -0.962. The third-order valence-electron chi connectivity index (χ3n) is 4.73. The molecule has 0 aliphatic rings. The van der Waals surface area contributed by atoms with Gasteiger partial charge in [-0.1, -0.05) is 42.5 Å². The van der Waals surface area contributed by atoms with Gasteiger partial charge in [-0.05, 0) is 36.8 Å². The van der Waals surface area contributed by atoms with Gasteiger partial charge in [0.05, 0.1) is 5.56 Å². The van der Waals surface area contributed by atoms with Crippen LogP contribution in [0.5, 0.6) is 11.5 Å². The SMILES string of the molecule is Cc1cccc(COc2cccc(OCc3coc(-c4ccccc4)n3)c2)c1C(=O)O. The fraction of sp³-hybridized carbons (Fsp3) is 0.120. The molecular formula is C25H21NO5. The van der Waals surface area contributed by atoms with E-state index in [0.717, 1.165) is 5.56 Å². The van der Waals surface area contributed by atoms with Gasteiger partial charge in [0.15, 0.2) is 0 Å². The highest BCUT2D eigenvalue weighted by molar-refractivity contribution is 5.91. The first-order chi connectivity index (χ1) is 15.1. The predicted molar refractivity (Wildman–Crippen MR) is 115 cm³/mol. The van der Waals surface area contributed by atoms with Crippen molar-refractivity contribution in [3.05, 3.63) is 101 Å². The zero-order valence-electron chi connectivity index (χ0n) is 16.9. The van der Waals surface area contributed by atoms with Crippen molar-refractivity contribution >= 4 is 5.97 Å². The average molecular weight is 415 g/mol. The molecule has 4 rings (SSSR count). The number of hydrogen-bond acceptors (Lipinski definition) is 5. The molecule has 1 heterocycles. The monoisotopic (exact) mass is 415 g/mol. The van der Waals surface area contributed by atoms with Gasteiger partial charge in [-0.15, -0.1) is 0 Å². The summed E-state index contributed by atoms with van der Waals surface area (Å²) >= 11 is 0. The number of aromatic carboxylic acids is 1. The molecule has 1 aromatic heterocycles. The van der Waals surface area contributed by atoms with E-state index in [4.69, 9.17) is 13.9 Å². The summed E-state index contributed by atoms with van der Waals surface area (Å²) in [5.41, 5.74) is 3.18. The zero-order chi connectivity index (χ0) is 21.6. The van der Waals surface area contributed by atoms with Crippen LogP contribution in [-0.2, 0) is 13.2 Å². The highest BCUT2D eigenvalue weighted by Crippen LogP contribution is 2.24. The second-order valence-corrected chi connectivity index (χ2v) is 6.98. The topological polar surface area (TPSA) is 81.8 Å². The van der Waals surface area contributed by atoms with Gasteiger partial charge in [0.1, 0.15) is 36.7 Å². The van der Waals surface area contributed by atoms with Gasteiger partial charge in [0, 0.05) is 17.2 Å². The van der Waals surface area contributed by atoms with Crippen LogP contribution in [0.2, 0.25) is 0 Å². The molecule has 0 radical (unpaired) electrons. The molecule has 156 valence electrons.